The first-order valence-electron chi connectivity index (χ1n) is 9.58. The van der Waals surface area contributed by atoms with Crippen molar-refractivity contribution in [2.45, 2.75) is 58.3 Å². The first-order chi connectivity index (χ1) is 12.5. The average molecular weight is 357 g/mol. The van der Waals surface area contributed by atoms with Crippen LogP contribution in [0, 0.1) is 0 Å². The lowest BCUT2D eigenvalue weighted by Gasteiger charge is -2.17. The first-order valence-corrected chi connectivity index (χ1v) is 9.58. The van der Waals surface area contributed by atoms with Crippen LogP contribution in [0.4, 0.5) is 0 Å². The third-order valence-corrected chi connectivity index (χ3v) is 4.33. The van der Waals surface area contributed by atoms with Gasteiger partial charge in [-0.2, -0.15) is 0 Å². The van der Waals surface area contributed by atoms with Crippen molar-refractivity contribution in [2.24, 2.45) is 0 Å². The molecular formula is C23H32O3. The van der Waals surface area contributed by atoms with Crippen molar-refractivity contribution in [3.05, 3.63) is 71.3 Å². The van der Waals surface area contributed by atoms with Crippen LogP contribution in [0.15, 0.2) is 54.6 Å². The highest BCUT2D eigenvalue weighted by molar-refractivity contribution is 5.23. The normalized spacial score (nSPS) is 13.7. The molecule has 0 spiro atoms. The first kappa shape index (κ1) is 20.6. The fourth-order valence-corrected chi connectivity index (χ4v) is 2.86. The van der Waals surface area contributed by atoms with Crippen LogP contribution in [0.25, 0.3) is 0 Å². The maximum atomic E-state index is 10.2. The van der Waals surface area contributed by atoms with Gasteiger partial charge < -0.3 is 14.6 Å². The lowest BCUT2D eigenvalue weighted by Crippen LogP contribution is -2.16. The van der Waals surface area contributed by atoms with E-state index in [1.165, 1.54) is 11.1 Å². The quantitative estimate of drug-likeness (QED) is 0.592. The Morgan fingerprint density at radius 2 is 1.50 bits per heavy atom. The van der Waals surface area contributed by atoms with E-state index in [-0.39, 0.29) is 6.10 Å². The van der Waals surface area contributed by atoms with Crippen LogP contribution in [0.1, 0.15) is 50.0 Å². The van der Waals surface area contributed by atoms with E-state index >= 15 is 0 Å². The minimum atomic E-state index is -0.575. The van der Waals surface area contributed by atoms with Gasteiger partial charge in [0.1, 0.15) is 6.10 Å². The number of hydrogen-bond acceptors (Lipinski definition) is 3. The molecule has 3 heteroatoms. The maximum Gasteiger partial charge on any atom is 0.102 e. The molecule has 1 N–H and O–H groups in total. The summed E-state index contributed by atoms with van der Waals surface area (Å²) in [6.45, 7) is 7.32. The second-order valence-electron chi connectivity index (χ2n) is 7.11. The van der Waals surface area contributed by atoms with Gasteiger partial charge in [-0.25, -0.2) is 0 Å². The molecule has 0 aliphatic carbocycles. The van der Waals surface area contributed by atoms with Crippen LogP contribution in [-0.4, -0.2) is 30.5 Å². The summed E-state index contributed by atoms with van der Waals surface area (Å²) in [6, 6.07) is 18.4. The molecule has 0 saturated carbocycles. The number of ether oxygens (including phenoxy) is 2. The minimum absolute atomic E-state index is 0.0682. The number of rotatable bonds is 11. The highest BCUT2D eigenvalue weighted by Crippen LogP contribution is 2.15. The Balaban J connectivity index is 1.70. The summed E-state index contributed by atoms with van der Waals surface area (Å²) in [5.41, 5.74) is 3.49. The van der Waals surface area contributed by atoms with Gasteiger partial charge in [0, 0.05) is 6.61 Å². The molecule has 0 radical (unpaired) electrons. The summed E-state index contributed by atoms with van der Waals surface area (Å²) in [5.74, 6) is 0. The molecule has 0 bridgehead atoms. The zero-order valence-corrected chi connectivity index (χ0v) is 16.2. The van der Waals surface area contributed by atoms with Crippen LogP contribution < -0.4 is 0 Å². The minimum Gasteiger partial charge on any atom is -0.386 e. The van der Waals surface area contributed by atoms with Gasteiger partial charge in [-0.05, 0) is 56.7 Å². The zero-order valence-electron chi connectivity index (χ0n) is 16.2. The molecule has 0 fully saturated rings. The van der Waals surface area contributed by atoms with Crippen molar-refractivity contribution in [3.8, 4) is 0 Å². The van der Waals surface area contributed by atoms with Gasteiger partial charge >= 0.3 is 0 Å². The predicted molar refractivity (Wildman–Crippen MR) is 106 cm³/mol. The molecule has 0 saturated heterocycles. The number of aliphatic hydroxyl groups excluding tert-OH is 1. The Bertz CT molecular complexity index is 607. The van der Waals surface area contributed by atoms with Crippen LogP contribution >= 0.6 is 0 Å². The average Bonchev–Trinajstić information content (AvgIpc) is 2.65. The molecule has 0 heterocycles. The van der Waals surface area contributed by atoms with Gasteiger partial charge in [0.25, 0.3) is 0 Å². The number of hydrogen-bond donors (Lipinski definition) is 1. The molecule has 3 nitrogen and oxygen atoms in total. The number of aliphatic hydroxyl groups is 1. The maximum absolute atomic E-state index is 10.2. The van der Waals surface area contributed by atoms with Gasteiger partial charge in [-0.3, -0.25) is 0 Å². The second kappa shape index (κ2) is 11.1. The molecular weight excluding hydrogens is 324 g/mol. The van der Waals surface area contributed by atoms with E-state index in [4.69, 9.17) is 9.47 Å². The third kappa shape index (κ3) is 7.69. The molecule has 2 rings (SSSR count). The number of benzene rings is 2. The van der Waals surface area contributed by atoms with Crippen LogP contribution in [0.5, 0.6) is 0 Å². The van der Waals surface area contributed by atoms with Crippen LogP contribution in [0.2, 0.25) is 0 Å². The van der Waals surface area contributed by atoms with Gasteiger partial charge in [-0.1, -0.05) is 54.6 Å². The Kier molecular flexibility index (Phi) is 8.82. The third-order valence-electron chi connectivity index (χ3n) is 4.33. The lowest BCUT2D eigenvalue weighted by atomic mass is 10.0. The van der Waals surface area contributed by atoms with Crippen LogP contribution in [-0.2, 0) is 22.3 Å². The smallest absolute Gasteiger partial charge is 0.102 e. The molecule has 0 aliphatic rings. The summed E-state index contributed by atoms with van der Waals surface area (Å²) >= 11 is 0. The molecule has 2 aromatic carbocycles. The van der Waals surface area contributed by atoms with E-state index in [0.29, 0.717) is 12.7 Å². The van der Waals surface area contributed by atoms with E-state index in [9.17, 15) is 5.11 Å². The molecule has 2 atom stereocenters. The summed E-state index contributed by atoms with van der Waals surface area (Å²) < 4.78 is 11.4. The standard InChI is InChI=1S/C23H32O3/c1-18(2)25-15-7-8-20-11-13-21(14-12-20)16-19(3)26-17-23(24)22-9-5-4-6-10-22/h4-6,9-14,18-19,23-24H,7-8,15-17H2,1-3H3. The lowest BCUT2D eigenvalue weighted by molar-refractivity contribution is -0.00219. The van der Waals surface area contributed by atoms with Crippen molar-refractivity contribution in [2.75, 3.05) is 13.2 Å². The summed E-state index contributed by atoms with van der Waals surface area (Å²) in [5, 5.41) is 10.2. The Morgan fingerprint density at radius 1 is 0.846 bits per heavy atom. The molecule has 2 unspecified atom stereocenters. The highest BCUT2D eigenvalue weighted by atomic mass is 16.5. The van der Waals surface area contributed by atoms with Gasteiger partial charge in [-0.15, -0.1) is 0 Å². The molecule has 0 amide bonds. The van der Waals surface area contributed by atoms with Crippen molar-refractivity contribution < 1.29 is 14.6 Å². The number of aryl methyl sites for hydroxylation is 1. The van der Waals surface area contributed by atoms with Gasteiger partial charge in [0.2, 0.25) is 0 Å². The predicted octanol–water partition coefficient (Wildman–Crippen LogP) is 4.73. The molecule has 0 aromatic heterocycles. The summed E-state index contributed by atoms with van der Waals surface area (Å²) in [7, 11) is 0. The second-order valence-corrected chi connectivity index (χ2v) is 7.11. The van der Waals surface area contributed by atoms with E-state index < -0.39 is 6.10 Å². The SMILES string of the molecule is CC(C)OCCCc1ccc(CC(C)OCC(O)c2ccccc2)cc1. The summed E-state index contributed by atoms with van der Waals surface area (Å²) in [4.78, 5) is 0. The Hall–Kier alpha value is -1.68. The van der Waals surface area contributed by atoms with E-state index in [1.54, 1.807) is 0 Å². The molecule has 2 aromatic rings. The molecule has 142 valence electrons. The van der Waals surface area contributed by atoms with Crippen molar-refractivity contribution >= 4 is 0 Å². The Morgan fingerprint density at radius 3 is 2.15 bits per heavy atom. The fraction of sp³-hybridized carbons (Fsp3) is 0.478. The largest absolute Gasteiger partial charge is 0.386 e. The van der Waals surface area contributed by atoms with Crippen molar-refractivity contribution in [3.63, 3.8) is 0 Å². The topological polar surface area (TPSA) is 38.7 Å². The molecule has 0 aliphatic heterocycles. The zero-order chi connectivity index (χ0) is 18.8. The highest BCUT2D eigenvalue weighted by Gasteiger charge is 2.10. The van der Waals surface area contributed by atoms with E-state index in [1.807, 2.05) is 30.3 Å². The summed E-state index contributed by atoms with van der Waals surface area (Å²) in [6.07, 6.45) is 2.74. The van der Waals surface area contributed by atoms with Gasteiger partial charge in [0.05, 0.1) is 18.8 Å². The van der Waals surface area contributed by atoms with Gasteiger partial charge in [0.15, 0.2) is 0 Å². The Labute approximate surface area is 158 Å². The fourth-order valence-electron chi connectivity index (χ4n) is 2.86. The van der Waals surface area contributed by atoms with Crippen molar-refractivity contribution in [1.29, 1.82) is 0 Å². The monoisotopic (exact) mass is 356 g/mol. The molecule has 26 heavy (non-hydrogen) atoms. The van der Waals surface area contributed by atoms with Crippen LogP contribution in [0.3, 0.4) is 0 Å². The van der Waals surface area contributed by atoms with Crippen molar-refractivity contribution in [1.82, 2.24) is 0 Å². The van der Waals surface area contributed by atoms with E-state index in [0.717, 1.165) is 31.4 Å². The van der Waals surface area contributed by atoms with E-state index in [2.05, 4.69) is 45.0 Å².